The first-order valence-electron chi connectivity index (χ1n) is 13.4. The number of likely N-dealkylation sites (tertiary alicyclic amines) is 1. The van der Waals surface area contributed by atoms with E-state index in [1.165, 1.54) is 0 Å². The summed E-state index contributed by atoms with van der Waals surface area (Å²) in [6, 6.07) is 16.0. The van der Waals surface area contributed by atoms with E-state index in [4.69, 9.17) is 28.9 Å². The zero-order valence-electron chi connectivity index (χ0n) is 23.2. The molecule has 1 aliphatic heterocycles. The Morgan fingerprint density at radius 1 is 0.886 bits per heavy atom. The van der Waals surface area contributed by atoms with Crippen LogP contribution in [0.25, 0.3) is 0 Å². The molecule has 1 heterocycles. The Morgan fingerprint density at radius 2 is 1.41 bits per heavy atom. The fourth-order valence-electron chi connectivity index (χ4n) is 4.90. The van der Waals surface area contributed by atoms with Crippen LogP contribution in [0.3, 0.4) is 0 Å². The monoisotopic (exact) mass is 667 g/mol. The van der Waals surface area contributed by atoms with Crippen molar-refractivity contribution in [2.75, 3.05) is 36.2 Å². The van der Waals surface area contributed by atoms with Crippen LogP contribution in [0, 0.1) is 11.6 Å². The van der Waals surface area contributed by atoms with Crippen molar-refractivity contribution in [1.29, 1.82) is 0 Å². The van der Waals surface area contributed by atoms with E-state index in [0.29, 0.717) is 16.1 Å². The molecule has 3 aromatic rings. The van der Waals surface area contributed by atoms with Gasteiger partial charge in [-0.1, -0.05) is 47.5 Å². The molecule has 0 radical (unpaired) electrons. The zero-order valence-corrected chi connectivity index (χ0v) is 25.5. The van der Waals surface area contributed by atoms with Gasteiger partial charge in [0.25, 0.3) is 0 Å². The number of nitrogens with one attached hydrogen (secondary N) is 2. The fourth-order valence-corrected chi connectivity index (χ4v) is 6.72. The van der Waals surface area contributed by atoms with Gasteiger partial charge in [0.05, 0.1) is 30.1 Å². The molecule has 0 aromatic heterocycles. The van der Waals surface area contributed by atoms with Crippen molar-refractivity contribution in [2.24, 2.45) is 5.73 Å². The Hall–Kier alpha value is -3.78. The van der Waals surface area contributed by atoms with E-state index < -0.39 is 64.1 Å². The predicted octanol–water partition coefficient (Wildman–Crippen LogP) is 2.99. The number of primary amides is 1. The lowest BCUT2D eigenvalue weighted by Gasteiger charge is -2.49. The molecule has 0 unspecified atom stereocenters. The molecule has 1 fully saturated rings. The van der Waals surface area contributed by atoms with Crippen molar-refractivity contribution in [3.8, 4) is 0 Å². The van der Waals surface area contributed by atoms with Crippen LogP contribution in [0.2, 0.25) is 10.0 Å². The van der Waals surface area contributed by atoms with E-state index in [1.807, 2.05) is 29.2 Å². The normalized spacial score (nSPS) is 13.8. The number of hydrogen-bond acceptors (Lipinski definition) is 6. The van der Waals surface area contributed by atoms with E-state index in [-0.39, 0.29) is 31.4 Å². The summed E-state index contributed by atoms with van der Waals surface area (Å²) < 4.78 is 56.7. The first kappa shape index (κ1) is 33.1. The molecule has 10 nitrogen and oxygen atoms in total. The number of benzene rings is 3. The summed E-state index contributed by atoms with van der Waals surface area (Å²) >= 11 is 12.2. The number of nitrogens with two attached hydrogens (primary N) is 1. The summed E-state index contributed by atoms with van der Waals surface area (Å²) in [5, 5.41) is 5.67. The molecule has 3 amide bonds. The summed E-state index contributed by atoms with van der Waals surface area (Å²) in [4.78, 5) is 36.4. The number of amides is 3. The lowest BCUT2D eigenvalue weighted by atomic mass is 9.93. The molecule has 4 rings (SSSR count). The van der Waals surface area contributed by atoms with Crippen molar-refractivity contribution in [2.45, 2.75) is 18.5 Å². The summed E-state index contributed by atoms with van der Waals surface area (Å²) in [6.45, 7) is -0.424. The summed E-state index contributed by atoms with van der Waals surface area (Å²) in [6.07, 6.45) is -0.601. The number of hydrogen-bond donors (Lipinski definition) is 3. The van der Waals surface area contributed by atoms with E-state index in [9.17, 15) is 31.6 Å². The highest BCUT2D eigenvalue weighted by Gasteiger charge is 2.42. The number of rotatable bonds is 13. The van der Waals surface area contributed by atoms with E-state index in [1.54, 1.807) is 24.3 Å². The van der Waals surface area contributed by atoms with E-state index in [0.717, 1.165) is 27.6 Å². The van der Waals surface area contributed by atoms with Gasteiger partial charge in [-0.2, -0.15) is 0 Å². The van der Waals surface area contributed by atoms with Crippen LogP contribution in [-0.2, 0) is 24.4 Å². The second-order valence-corrected chi connectivity index (χ2v) is 13.0. The first-order valence-corrected chi connectivity index (χ1v) is 15.7. The van der Waals surface area contributed by atoms with Crippen LogP contribution in [-0.4, -0.2) is 69.0 Å². The van der Waals surface area contributed by atoms with Crippen LogP contribution in [0.5, 0.6) is 0 Å². The van der Waals surface area contributed by atoms with E-state index in [2.05, 4.69) is 10.6 Å². The Morgan fingerprint density at radius 3 is 1.91 bits per heavy atom. The van der Waals surface area contributed by atoms with Gasteiger partial charge in [-0.3, -0.25) is 23.6 Å². The number of nitrogens with zero attached hydrogens (tertiary/aromatic N) is 2. The Labute approximate surface area is 263 Å². The number of anilines is 1. The molecular formula is C29H29Cl2F2N5O5S. The van der Waals surface area contributed by atoms with Crippen molar-refractivity contribution in [3.63, 3.8) is 0 Å². The van der Waals surface area contributed by atoms with E-state index >= 15 is 0 Å². The molecule has 44 heavy (non-hydrogen) atoms. The number of carbonyl (C=O) groups excluding carboxylic acids is 3. The minimum absolute atomic E-state index is 0.188. The molecule has 0 aliphatic carbocycles. The average molecular weight is 669 g/mol. The topological polar surface area (TPSA) is 142 Å². The molecular weight excluding hydrogens is 639 g/mol. The van der Waals surface area contributed by atoms with Crippen LogP contribution in [0.15, 0.2) is 66.7 Å². The van der Waals surface area contributed by atoms with Crippen LogP contribution >= 0.6 is 23.2 Å². The third-order valence-corrected chi connectivity index (χ3v) is 9.16. The number of sulfonamides is 1. The lowest BCUT2D eigenvalue weighted by molar-refractivity contribution is -0.130. The highest BCUT2D eigenvalue weighted by molar-refractivity contribution is 7.92. The third kappa shape index (κ3) is 8.65. The molecule has 3 aromatic carbocycles. The zero-order chi connectivity index (χ0) is 32.0. The Kier molecular flexibility index (Phi) is 10.8. The van der Waals surface area contributed by atoms with Gasteiger partial charge < -0.3 is 16.4 Å². The molecule has 4 N–H and O–H groups in total. The maximum Gasteiger partial charge on any atom is 0.239 e. The second kappa shape index (κ2) is 14.3. The van der Waals surface area contributed by atoms with Crippen molar-refractivity contribution >= 4 is 56.6 Å². The highest BCUT2D eigenvalue weighted by atomic mass is 35.5. The van der Waals surface area contributed by atoms with Crippen molar-refractivity contribution in [3.05, 3.63) is 99.5 Å². The Bertz CT molecular complexity index is 1560. The Balaban J connectivity index is 1.51. The summed E-state index contributed by atoms with van der Waals surface area (Å²) in [5.74, 6) is -4.83. The minimum atomic E-state index is -4.23. The molecule has 234 valence electrons. The van der Waals surface area contributed by atoms with Crippen LogP contribution in [0.4, 0.5) is 14.5 Å². The van der Waals surface area contributed by atoms with Gasteiger partial charge in [0, 0.05) is 35.7 Å². The average Bonchev–Trinajstić information content (AvgIpc) is 2.91. The molecule has 0 spiro atoms. The second-order valence-electron chi connectivity index (χ2n) is 10.1. The maximum atomic E-state index is 14.2. The van der Waals surface area contributed by atoms with Crippen molar-refractivity contribution < 1.29 is 31.6 Å². The summed E-state index contributed by atoms with van der Waals surface area (Å²) in [5.41, 5.74) is 6.53. The smallest absolute Gasteiger partial charge is 0.239 e. The quantitative estimate of drug-likeness (QED) is 0.239. The van der Waals surface area contributed by atoms with Crippen LogP contribution < -0.4 is 20.7 Å². The molecule has 0 saturated carbocycles. The van der Waals surface area contributed by atoms with Gasteiger partial charge in [-0.25, -0.2) is 17.2 Å². The van der Waals surface area contributed by atoms with Gasteiger partial charge in [0.15, 0.2) is 0 Å². The molecule has 0 atom stereocenters. The molecule has 0 bridgehead atoms. The number of carbonyl (C=O) groups is 3. The lowest BCUT2D eigenvalue weighted by Crippen LogP contribution is -2.62. The maximum absolute atomic E-state index is 14.2. The standard InChI is InChI=1S/C29H29Cl2F2N5O5S/c30-20-5-1-18(2-6-20)29(19-3-7-21(31)8-4-19)37-16-25(17-37)38(24-12-22(32)11-23(33)13-24)44(42,43)10-9-35-28(41)15-36-27(40)14-26(34)39/h1-8,11-13,25,29H,9-10,14-17H2,(H2,34,39)(H,35,41)(H,36,40). The molecule has 15 heteroatoms. The minimum Gasteiger partial charge on any atom is -0.369 e. The molecule has 1 aliphatic rings. The SMILES string of the molecule is NC(=O)CC(=O)NCC(=O)NCCS(=O)(=O)N(c1cc(F)cc(F)c1)C1CN(C(c2ccc(Cl)cc2)c2ccc(Cl)cc2)C1. The molecule has 1 saturated heterocycles. The predicted molar refractivity (Wildman–Crippen MR) is 163 cm³/mol. The van der Waals surface area contributed by atoms with Gasteiger partial charge >= 0.3 is 0 Å². The highest BCUT2D eigenvalue weighted by Crippen LogP contribution is 2.37. The number of halogens is 4. The van der Waals surface area contributed by atoms with Gasteiger partial charge in [-0.15, -0.1) is 0 Å². The largest absolute Gasteiger partial charge is 0.369 e. The van der Waals surface area contributed by atoms with Gasteiger partial charge in [0.1, 0.15) is 18.1 Å². The first-order chi connectivity index (χ1) is 20.8. The fraction of sp³-hybridized carbons (Fsp3) is 0.276. The van der Waals surface area contributed by atoms with Crippen molar-refractivity contribution in [1.82, 2.24) is 15.5 Å². The van der Waals surface area contributed by atoms with Gasteiger partial charge in [-0.05, 0) is 47.5 Å². The van der Waals surface area contributed by atoms with Crippen LogP contribution in [0.1, 0.15) is 23.6 Å². The third-order valence-electron chi connectivity index (χ3n) is 6.82. The van der Waals surface area contributed by atoms with Gasteiger partial charge in [0.2, 0.25) is 27.7 Å². The summed E-state index contributed by atoms with van der Waals surface area (Å²) in [7, 11) is -4.23.